The first-order chi connectivity index (χ1) is 9.08. The van der Waals surface area contributed by atoms with Gasteiger partial charge in [0.05, 0.1) is 0 Å². The first-order valence-electron chi connectivity index (χ1n) is 7.82. The van der Waals surface area contributed by atoms with Gasteiger partial charge in [0.25, 0.3) is 0 Å². The van der Waals surface area contributed by atoms with E-state index in [9.17, 15) is 0 Å². The van der Waals surface area contributed by atoms with E-state index in [0.29, 0.717) is 6.04 Å². The SMILES string of the molecule is CCC1CCC(C(NC)c2c(C)oc(C)c2C)CC1. The molecule has 1 atom stereocenters. The van der Waals surface area contributed by atoms with E-state index in [1.165, 1.54) is 43.2 Å². The Labute approximate surface area is 118 Å². The van der Waals surface area contributed by atoms with E-state index in [4.69, 9.17) is 4.42 Å². The predicted molar refractivity (Wildman–Crippen MR) is 80.5 cm³/mol. The lowest BCUT2D eigenvalue weighted by atomic mass is 9.75. The zero-order valence-electron chi connectivity index (χ0n) is 13.2. The fraction of sp³-hybridized carbons (Fsp3) is 0.765. The van der Waals surface area contributed by atoms with Crippen LogP contribution in [0.1, 0.15) is 67.7 Å². The highest BCUT2D eigenvalue weighted by Gasteiger charge is 2.30. The number of rotatable bonds is 4. The van der Waals surface area contributed by atoms with Crippen molar-refractivity contribution < 1.29 is 4.42 Å². The van der Waals surface area contributed by atoms with Crippen molar-refractivity contribution in [2.75, 3.05) is 7.05 Å². The Kier molecular flexibility index (Phi) is 4.72. The highest BCUT2D eigenvalue weighted by Crippen LogP contribution is 2.40. The van der Waals surface area contributed by atoms with Crippen LogP contribution in [0, 0.1) is 32.6 Å². The fourth-order valence-corrected chi connectivity index (χ4v) is 3.81. The van der Waals surface area contributed by atoms with Crippen molar-refractivity contribution in [3.8, 4) is 0 Å². The van der Waals surface area contributed by atoms with Gasteiger partial charge in [-0.2, -0.15) is 0 Å². The average molecular weight is 263 g/mol. The van der Waals surface area contributed by atoms with Crippen molar-refractivity contribution in [2.24, 2.45) is 11.8 Å². The van der Waals surface area contributed by atoms with E-state index in [0.717, 1.165) is 23.4 Å². The molecule has 0 aliphatic heterocycles. The molecule has 1 heterocycles. The third-order valence-electron chi connectivity index (χ3n) is 5.18. The zero-order valence-corrected chi connectivity index (χ0v) is 13.2. The molecular weight excluding hydrogens is 234 g/mol. The molecule has 2 rings (SSSR count). The molecule has 2 heteroatoms. The van der Waals surface area contributed by atoms with E-state index >= 15 is 0 Å². The van der Waals surface area contributed by atoms with Gasteiger partial charge in [0.15, 0.2) is 0 Å². The average Bonchev–Trinajstić information content (AvgIpc) is 2.67. The molecule has 0 radical (unpaired) electrons. The molecule has 1 unspecified atom stereocenters. The third kappa shape index (κ3) is 2.89. The monoisotopic (exact) mass is 263 g/mol. The minimum Gasteiger partial charge on any atom is -0.466 e. The molecule has 0 amide bonds. The Hall–Kier alpha value is -0.760. The summed E-state index contributed by atoms with van der Waals surface area (Å²) in [5.41, 5.74) is 2.76. The number of aryl methyl sites for hydroxylation is 2. The summed E-state index contributed by atoms with van der Waals surface area (Å²) >= 11 is 0. The van der Waals surface area contributed by atoms with Gasteiger partial charge in [0.1, 0.15) is 11.5 Å². The molecule has 1 aromatic rings. The van der Waals surface area contributed by atoms with E-state index in [1.807, 2.05) is 0 Å². The Morgan fingerprint density at radius 2 is 1.74 bits per heavy atom. The summed E-state index contributed by atoms with van der Waals surface area (Å²) in [6, 6.07) is 0.468. The fourth-order valence-electron chi connectivity index (χ4n) is 3.81. The summed E-state index contributed by atoms with van der Waals surface area (Å²) in [4.78, 5) is 0. The number of hydrogen-bond donors (Lipinski definition) is 1. The molecule has 1 aromatic heterocycles. The molecule has 0 saturated heterocycles. The van der Waals surface area contributed by atoms with Crippen LogP contribution >= 0.6 is 0 Å². The van der Waals surface area contributed by atoms with Crippen LogP contribution < -0.4 is 5.32 Å². The van der Waals surface area contributed by atoms with Crippen molar-refractivity contribution in [2.45, 2.75) is 65.8 Å². The van der Waals surface area contributed by atoms with Gasteiger partial charge in [0.2, 0.25) is 0 Å². The Bertz CT molecular complexity index is 413. The van der Waals surface area contributed by atoms with Gasteiger partial charge < -0.3 is 9.73 Å². The maximum atomic E-state index is 5.82. The van der Waals surface area contributed by atoms with Gasteiger partial charge in [-0.3, -0.25) is 0 Å². The van der Waals surface area contributed by atoms with Crippen molar-refractivity contribution in [3.05, 3.63) is 22.6 Å². The molecule has 1 N–H and O–H groups in total. The molecule has 1 saturated carbocycles. The highest BCUT2D eigenvalue weighted by molar-refractivity contribution is 5.34. The van der Waals surface area contributed by atoms with E-state index in [-0.39, 0.29) is 0 Å². The van der Waals surface area contributed by atoms with Crippen LogP contribution in [-0.4, -0.2) is 7.05 Å². The summed E-state index contributed by atoms with van der Waals surface area (Å²) < 4.78 is 5.82. The smallest absolute Gasteiger partial charge is 0.106 e. The molecule has 1 fully saturated rings. The van der Waals surface area contributed by atoms with Crippen LogP contribution in [0.5, 0.6) is 0 Å². The maximum Gasteiger partial charge on any atom is 0.106 e. The minimum absolute atomic E-state index is 0.468. The van der Waals surface area contributed by atoms with Crippen LogP contribution in [0.15, 0.2) is 4.42 Å². The minimum atomic E-state index is 0.468. The lowest BCUT2D eigenvalue weighted by Crippen LogP contribution is -2.29. The Morgan fingerprint density at radius 1 is 1.11 bits per heavy atom. The van der Waals surface area contributed by atoms with Crippen LogP contribution in [0.4, 0.5) is 0 Å². The van der Waals surface area contributed by atoms with Gasteiger partial charge >= 0.3 is 0 Å². The molecule has 0 aromatic carbocycles. The summed E-state index contributed by atoms with van der Waals surface area (Å²) in [5, 5.41) is 3.56. The third-order valence-corrected chi connectivity index (χ3v) is 5.18. The summed E-state index contributed by atoms with van der Waals surface area (Å²) in [6.07, 6.45) is 6.85. The summed E-state index contributed by atoms with van der Waals surface area (Å²) in [6.45, 7) is 8.71. The van der Waals surface area contributed by atoms with Crippen molar-refractivity contribution in [3.63, 3.8) is 0 Å². The summed E-state index contributed by atoms with van der Waals surface area (Å²) in [7, 11) is 2.10. The van der Waals surface area contributed by atoms with Gasteiger partial charge in [0, 0.05) is 11.6 Å². The van der Waals surface area contributed by atoms with Gasteiger partial charge in [-0.25, -0.2) is 0 Å². The first-order valence-corrected chi connectivity index (χ1v) is 7.82. The molecule has 1 aliphatic rings. The van der Waals surface area contributed by atoms with Crippen molar-refractivity contribution in [1.29, 1.82) is 0 Å². The van der Waals surface area contributed by atoms with Gasteiger partial charge in [-0.05, 0) is 58.1 Å². The van der Waals surface area contributed by atoms with E-state index in [2.05, 4.69) is 40.1 Å². The second-order valence-electron chi connectivity index (χ2n) is 6.21. The number of furan rings is 1. The Balaban J connectivity index is 2.16. The molecule has 1 aliphatic carbocycles. The second-order valence-corrected chi connectivity index (χ2v) is 6.21. The van der Waals surface area contributed by atoms with E-state index in [1.54, 1.807) is 0 Å². The first kappa shape index (κ1) is 14.6. The number of hydrogen-bond acceptors (Lipinski definition) is 2. The Morgan fingerprint density at radius 3 is 2.16 bits per heavy atom. The maximum absolute atomic E-state index is 5.82. The van der Waals surface area contributed by atoms with Gasteiger partial charge in [-0.1, -0.05) is 26.2 Å². The molecule has 0 spiro atoms. The van der Waals surface area contributed by atoms with Crippen molar-refractivity contribution in [1.82, 2.24) is 5.32 Å². The van der Waals surface area contributed by atoms with Crippen LogP contribution in [-0.2, 0) is 0 Å². The normalized spacial score (nSPS) is 25.5. The predicted octanol–water partition coefficient (Wildman–Crippen LogP) is 4.68. The lowest BCUT2D eigenvalue weighted by Gasteiger charge is -2.34. The molecule has 2 nitrogen and oxygen atoms in total. The highest BCUT2D eigenvalue weighted by atomic mass is 16.3. The number of nitrogens with one attached hydrogen (secondary N) is 1. The zero-order chi connectivity index (χ0) is 14.0. The van der Waals surface area contributed by atoms with Crippen LogP contribution in [0.25, 0.3) is 0 Å². The van der Waals surface area contributed by atoms with Gasteiger partial charge in [-0.15, -0.1) is 0 Å². The van der Waals surface area contributed by atoms with Crippen molar-refractivity contribution >= 4 is 0 Å². The topological polar surface area (TPSA) is 25.2 Å². The lowest BCUT2D eigenvalue weighted by molar-refractivity contribution is 0.223. The second kappa shape index (κ2) is 6.13. The van der Waals surface area contributed by atoms with E-state index < -0.39 is 0 Å². The standard InChI is InChI=1S/C17H29NO/c1-6-14-7-9-15(10-8-14)17(18-5)16-11(2)12(3)19-13(16)4/h14-15,17-18H,6-10H2,1-5H3. The molecule has 19 heavy (non-hydrogen) atoms. The summed E-state index contributed by atoms with van der Waals surface area (Å²) in [5.74, 6) is 3.91. The molecule has 0 bridgehead atoms. The molecular formula is C17H29NO. The largest absolute Gasteiger partial charge is 0.466 e. The molecule has 108 valence electrons. The quantitative estimate of drug-likeness (QED) is 0.853. The van der Waals surface area contributed by atoms with Crippen LogP contribution in [0.2, 0.25) is 0 Å². The van der Waals surface area contributed by atoms with Crippen LogP contribution in [0.3, 0.4) is 0 Å².